The van der Waals surface area contributed by atoms with Crippen LogP contribution in [0.5, 0.6) is 0 Å². The Morgan fingerprint density at radius 1 is 0.975 bits per heavy atom. The van der Waals surface area contributed by atoms with Crippen LogP contribution in [0.2, 0.25) is 5.02 Å². The smallest absolute Gasteiger partial charge is 0.244 e. The van der Waals surface area contributed by atoms with Crippen molar-refractivity contribution in [1.29, 1.82) is 0 Å². The molecule has 1 saturated carbocycles. The highest BCUT2D eigenvalue weighted by Gasteiger charge is 2.34. The van der Waals surface area contributed by atoms with E-state index in [2.05, 4.69) is 5.32 Å². The second kappa shape index (κ2) is 13.3. The number of benzene rings is 3. The molecule has 212 valence electrons. The van der Waals surface area contributed by atoms with Crippen molar-refractivity contribution >= 4 is 39.1 Å². The first-order valence-corrected chi connectivity index (χ1v) is 15.4. The summed E-state index contributed by atoms with van der Waals surface area (Å²) in [6.45, 7) is -0.525. The number of halogens is 2. The van der Waals surface area contributed by atoms with Gasteiger partial charge in [0, 0.05) is 24.0 Å². The van der Waals surface area contributed by atoms with Gasteiger partial charge in [0.05, 0.1) is 11.9 Å². The van der Waals surface area contributed by atoms with Crippen LogP contribution in [0, 0.1) is 5.82 Å². The van der Waals surface area contributed by atoms with E-state index in [-0.39, 0.29) is 30.6 Å². The van der Waals surface area contributed by atoms with Crippen molar-refractivity contribution in [2.75, 3.05) is 17.1 Å². The molecule has 2 amide bonds. The molecule has 10 heteroatoms. The van der Waals surface area contributed by atoms with Crippen LogP contribution in [0.1, 0.15) is 36.8 Å². The first kappa shape index (κ1) is 29.6. The van der Waals surface area contributed by atoms with Crippen molar-refractivity contribution in [3.05, 3.63) is 101 Å². The maximum absolute atomic E-state index is 14.0. The predicted octanol–water partition coefficient (Wildman–Crippen LogP) is 4.94. The minimum absolute atomic E-state index is 0.0284. The SMILES string of the molecule is CS(=O)(=O)N(CC(=O)N(Cc1cccc(Cl)c1)[C@@H](Cc1ccccc1)C(=O)NC1CCCC1)c1ccc(F)cc1. The molecule has 1 fully saturated rings. The molecule has 3 aromatic rings. The molecule has 1 atom stereocenters. The molecule has 0 radical (unpaired) electrons. The molecule has 0 saturated heterocycles. The topological polar surface area (TPSA) is 86.8 Å². The zero-order chi connectivity index (χ0) is 28.7. The highest BCUT2D eigenvalue weighted by atomic mass is 35.5. The van der Waals surface area contributed by atoms with Crippen molar-refractivity contribution in [3.8, 4) is 0 Å². The van der Waals surface area contributed by atoms with E-state index in [4.69, 9.17) is 11.6 Å². The Balaban J connectivity index is 1.72. The Morgan fingerprint density at radius 2 is 1.62 bits per heavy atom. The predicted molar refractivity (Wildman–Crippen MR) is 155 cm³/mol. The highest BCUT2D eigenvalue weighted by molar-refractivity contribution is 7.92. The van der Waals surface area contributed by atoms with E-state index in [9.17, 15) is 22.4 Å². The Bertz CT molecular complexity index is 1410. The molecule has 4 rings (SSSR count). The van der Waals surface area contributed by atoms with E-state index in [0.717, 1.165) is 53.9 Å². The second-order valence-electron chi connectivity index (χ2n) is 10.1. The average Bonchev–Trinajstić information content (AvgIpc) is 3.43. The van der Waals surface area contributed by atoms with E-state index >= 15 is 0 Å². The molecule has 0 aromatic heterocycles. The van der Waals surface area contributed by atoms with Gasteiger partial charge in [0.2, 0.25) is 21.8 Å². The molecule has 3 aromatic carbocycles. The number of carbonyl (C=O) groups is 2. The summed E-state index contributed by atoms with van der Waals surface area (Å²) in [7, 11) is -3.92. The van der Waals surface area contributed by atoms with Gasteiger partial charge in [0.1, 0.15) is 18.4 Å². The number of hydrogen-bond acceptors (Lipinski definition) is 4. The third-order valence-electron chi connectivity index (χ3n) is 7.01. The van der Waals surface area contributed by atoms with Gasteiger partial charge >= 0.3 is 0 Å². The Kier molecular flexibility index (Phi) is 9.81. The van der Waals surface area contributed by atoms with Gasteiger partial charge in [-0.1, -0.05) is 66.9 Å². The standard InChI is InChI=1S/C30H33ClFN3O4S/c1-40(38,39)35(27-16-14-25(32)15-17-27)21-29(36)34(20-23-10-7-11-24(31)18-23)28(19-22-8-3-2-4-9-22)30(37)33-26-12-5-6-13-26/h2-4,7-11,14-18,26,28H,5-6,12-13,19-21H2,1H3,(H,33,37)/t28-/m0/s1. The van der Waals surface area contributed by atoms with Crippen LogP contribution < -0.4 is 9.62 Å². The van der Waals surface area contributed by atoms with Crippen LogP contribution in [0.25, 0.3) is 0 Å². The fourth-order valence-corrected chi connectivity index (χ4v) is 6.04. The lowest BCUT2D eigenvalue weighted by molar-refractivity contribution is -0.140. The summed E-state index contributed by atoms with van der Waals surface area (Å²) in [5, 5.41) is 3.60. The van der Waals surface area contributed by atoms with E-state index in [0.29, 0.717) is 10.6 Å². The molecule has 0 aliphatic heterocycles. The van der Waals surface area contributed by atoms with Crippen molar-refractivity contribution in [3.63, 3.8) is 0 Å². The number of amides is 2. The van der Waals surface area contributed by atoms with Gasteiger partial charge in [-0.05, 0) is 60.4 Å². The maximum atomic E-state index is 14.0. The fraction of sp³-hybridized carbons (Fsp3) is 0.333. The van der Waals surface area contributed by atoms with Crippen LogP contribution in [0.4, 0.5) is 10.1 Å². The van der Waals surface area contributed by atoms with E-state index in [1.807, 2.05) is 30.3 Å². The molecule has 0 spiro atoms. The third kappa shape index (κ3) is 8.05. The Labute approximate surface area is 240 Å². The maximum Gasteiger partial charge on any atom is 0.244 e. The van der Waals surface area contributed by atoms with Crippen LogP contribution in [-0.4, -0.2) is 50.0 Å². The molecular formula is C30H33ClFN3O4S. The highest BCUT2D eigenvalue weighted by Crippen LogP contribution is 2.23. The first-order chi connectivity index (χ1) is 19.1. The van der Waals surface area contributed by atoms with Gasteiger partial charge in [0.25, 0.3) is 0 Å². The summed E-state index contributed by atoms with van der Waals surface area (Å²) >= 11 is 6.23. The van der Waals surface area contributed by atoms with E-state index in [1.54, 1.807) is 24.3 Å². The van der Waals surface area contributed by atoms with E-state index < -0.39 is 34.3 Å². The third-order valence-corrected chi connectivity index (χ3v) is 8.38. The Hall–Kier alpha value is -3.43. The van der Waals surface area contributed by atoms with Crippen LogP contribution in [-0.2, 0) is 32.6 Å². The summed E-state index contributed by atoms with van der Waals surface area (Å²) in [5.41, 5.74) is 1.70. The van der Waals surface area contributed by atoms with Crippen LogP contribution in [0.3, 0.4) is 0 Å². The number of nitrogens with one attached hydrogen (secondary N) is 1. The lowest BCUT2D eigenvalue weighted by atomic mass is 10.0. The summed E-state index contributed by atoms with van der Waals surface area (Å²) in [6, 6.07) is 20.4. The number of hydrogen-bond donors (Lipinski definition) is 1. The summed E-state index contributed by atoms with van der Waals surface area (Å²) in [6.07, 6.45) is 5.03. The molecule has 40 heavy (non-hydrogen) atoms. The van der Waals surface area contributed by atoms with Crippen LogP contribution >= 0.6 is 11.6 Å². The number of sulfonamides is 1. The second-order valence-corrected chi connectivity index (χ2v) is 12.4. The van der Waals surface area contributed by atoms with Gasteiger partial charge in [-0.3, -0.25) is 13.9 Å². The summed E-state index contributed by atoms with van der Waals surface area (Å²) < 4.78 is 40.0. The minimum Gasteiger partial charge on any atom is -0.352 e. The molecule has 0 unspecified atom stereocenters. The number of nitrogens with zero attached hydrogens (tertiary/aromatic N) is 2. The Morgan fingerprint density at radius 3 is 2.25 bits per heavy atom. The lowest BCUT2D eigenvalue weighted by Crippen LogP contribution is -2.54. The number of carbonyl (C=O) groups excluding carboxylic acids is 2. The zero-order valence-corrected chi connectivity index (χ0v) is 23.9. The zero-order valence-electron chi connectivity index (χ0n) is 22.3. The molecule has 1 aliphatic rings. The normalized spacial score (nSPS) is 14.5. The number of rotatable bonds is 11. The quantitative estimate of drug-likeness (QED) is 0.345. The summed E-state index contributed by atoms with van der Waals surface area (Å²) in [5.74, 6) is -1.39. The summed E-state index contributed by atoms with van der Waals surface area (Å²) in [4.78, 5) is 29.2. The van der Waals surface area contributed by atoms with Gasteiger partial charge in [0.15, 0.2) is 0 Å². The molecule has 1 N–H and O–H groups in total. The fourth-order valence-electron chi connectivity index (χ4n) is 4.97. The van der Waals surface area contributed by atoms with Crippen LogP contribution in [0.15, 0.2) is 78.9 Å². The largest absolute Gasteiger partial charge is 0.352 e. The molecular weight excluding hydrogens is 553 g/mol. The minimum atomic E-state index is -3.92. The molecule has 1 aliphatic carbocycles. The number of anilines is 1. The van der Waals surface area contributed by atoms with Crippen molar-refractivity contribution in [1.82, 2.24) is 10.2 Å². The molecule has 0 bridgehead atoms. The first-order valence-electron chi connectivity index (χ1n) is 13.2. The van der Waals surface area contributed by atoms with Gasteiger partial charge in [-0.25, -0.2) is 12.8 Å². The van der Waals surface area contributed by atoms with Gasteiger partial charge < -0.3 is 10.2 Å². The van der Waals surface area contributed by atoms with Gasteiger partial charge in [-0.2, -0.15) is 0 Å². The molecule has 7 nitrogen and oxygen atoms in total. The van der Waals surface area contributed by atoms with E-state index in [1.165, 1.54) is 17.0 Å². The van der Waals surface area contributed by atoms with Gasteiger partial charge in [-0.15, -0.1) is 0 Å². The molecule has 0 heterocycles. The monoisotopic (exact) mass is 585 g/mol. The van der Waals surface area contributed by atoms with Crippen molar-refractivity contribution < 1.29 is 22.4 Å². The average molecular weight is 586 g/mol. The van der Waals surface area contributed by atoms with Crippen molar-refractivity contribution in [2.24, 2.45) is 0 Å². The van der Waals surface area contributed by atoms with Crippen molar-refractivity contribution in [2.45, 2.75) is 50.7 Å². The lowest BCUT2D eigenvalue weighted by Gasteiger charge is -2.34.